The van der Waals surface area contributed by atoms with Crippen LogP contribution in [0.15, 0.2) is 54.6 Å². The van der Waals surface area contributed by atoms with Gasteiger partial charge >= 0.3 is 0 Å². The highest BCUT2D eigenvalue weighted by Crippen LogP contribution is 2.24. The summed E-state index contributed by atoms with van der Waals surface area (Å²) in [5, 5.41) is 9.24. The minimum Gasteiger partial charge on any atom is -0.508 e. The van der Waals surface area contributed by atoms with Gasteiger partial charge in [-0.1, -0.05) is 51.1 Å². The second-order valence-corrected chi connectivity index (χ2v) is 4.28. The van der Waals surface area contributed by atoms with Gasteiger partial charge in [-0.25, -0.2) is 0 Å². The predicted octanol–water partition coefficient (Wildman–Crippen LogP) is 4.79. The van der Waals surface area contributed by atoms with Crippen LogP contribution in [-0.4, -0.2) is 10.9 Å². The SMILES string of the molecule is CC.CCC(C(=O)c1ccc(O)cc1)c1ccccc1. The average molecular weight is 270 g/mol. The molecule has 2 aromatic carbocycles. The Bertz CT molecular complexity index is 515. The molecule has 2 rings (SSSR count). The molecule has 0 radical (unpaired) electrons. The van der Waals surface area contributed by atoms with E-state index in [0.29, 0.717) is 5.56 Å². The molecule has 2 nitrogen and oxygen atoms in total. The van der Waals surface area contributed by atoms with Crippen molar-refractivity contribution in [3.63, 3.8) is 0 Å². The molecule has 106 valence electrons. The van der Waals surface area contributed by atoms with Gasteiger partial charge in [0, 0.05) is 11.5 Å². The molecular formula is C18H22O2. The van der Waals surface area contributed by atoms with E-state index in [2.05, 4.69) is 0 Å². The van der Waals surface area contributed by atoms with E-state index in [1.165, 1.54) is 0 Å². The smallest absolute Gasteiger partial charge is 0.170 e. The van der Waals surface area contributed by atoms with Crippen LogP contribution < -0.4 is 0 Å². The van der Waals surface area contributed by atoms with Crippen molar-refractivity contribution < 1.29 is 9.90 Å². The number of phenolic OH excluding ortho intramolecular Hbond substituents is 1. The molecule has 0 aliphatic rings. The van der Waals surface area contributed by atoms with Crippen molar-refractivity contribution in [2.75, 3.05) is 0 Å². The summed E-state index contributed by atoms with van der Waals surface area (Å²) in [5.74, 6) is 0.166. The molecule has 0 heterocycles. The van der Waals surface area contributed by atoms with Crippen molar-refractivity contribution in [1.29, 1.82) is 0 Å². The summed E-state index contributed by atoms with van der Waals surface area (Å²) in [6.07, 6.45) is 0.768. The molecule has 0 bridgehead atoms. The highest BCUT2D eigenvalue weighted by molar-refractivity contribution is 6.01. The van der Waals surface area contributed by atoms with E-state index in [9.17, 15) is 9.90 Å². The van der Waals surface area contributed by atoms with E-state index in [4.69, 9.17) is 0 Å². The van der Waals surface area contributed by atoms with Crippen molar-refractivity contribution in [2.24, 2.45) is 0 Å². The molecule has 1 unspecified atom stereocenters. The zero-order valence-corrected chi connectivity index (χ0v) is 12.3. The summed E-state index contributed by atoms with van der Waals surface area (Å²) in [7, 11) is 0. The fourth-order valence-electron chi connectivity index (χ4n) is 2.08. The van der Waals surface area contributed by atoms with E-state index in [0.717, 1.165) is 12.0 Å². The lowest BCUT2D eigenvalue weighted by Gasteiger charge is -2.14. The third-order valence-corrected chi connectivity index (χ3v) is 3.08. The third kappa shape index (κ3) is 3.95. The van der Waals surface area contributed by atoms with E-state index in [1.54, 1.807) is 24.3 Å². The Morgan fingerprint density at radius 1 is 1.00 bits per heavy atom. The molecule has 0 spiro atoms. The van der Waals surface area contributed by atoms with Gasteiger partial charge in [0.05, 0.1) is 0 Å². The summed E-state index contributed by atoms with van der Waals surface area (Å²) in [6.45, 7) is 6.01. The Hall–Kier alpha value is -2.09. The van der Waals surface area contributed by atoms with E-state index >= 15 is 0 Å². The van der Waals surface area contributed by atoms with Crippen LogP contribution in [0.25, 0.3) is 0 Å². The summed E-state index contributed by atoms with van der Waals surface area (Å²) in [5.41, 5.74) is 1.68. The van der Waals surface area contributed by atoms with E-state index < -0.39 is 0 Å². The minimum absolute atomic E-state index is 0.101. The van der Waals surface area contributed by atoms with Gasteiger partial charge in [0.15, 0.2) is 5.78 Å². The normalized spacial score (nSPS) is 11.2. The van der Waals surface area contributed by atoms with Crippen molar-refractivity contribution in [2.45, 2.75) is 33.1 Å². The molecular weight excluding hydrogens is 248 g/mol. The van der Waals surface area contributed by atoms with E-state index in [-0.39, 0.29) is 17.5 Å². The first-order valence-electron chi connectivity index (χ1n) is 7.10. The zero-order valence-electron chi connectivity index (χ0n) is 12.3. The summed E-state index contributed by atoms with van der Waals surface area (Å²) >= 11 is 0. The third-order valence-electron chi connectivity index (χ3n) is 3.08. The Balaban J connectivity index is 0.000000956. The molecule has 0 amide bonds. The molecule has 0 aromatic heterocycles. The molecule has 0 aliphatic heterocycles. The molecule has 0 saturated heterocycles. The van der Waals surface area contributed by atoms with Crippen LogP contribution in [0.5, 0.6) is 5.75 Å². The number of carbonyl (C=O) groups is 1. The average Bonchev–Trinajstić information content (AvgIpc) is 2.52. The maximum Gasteiger partial charge on any atom is 0.170 e. The Morgan fingerprint density at radius 2 is 1.55 bits per heavy atom. The lowest BCUT2D eigenvalue weighted by molar-refractivity contribution is 0.0957. The van der Waals surface area contributed by atoms with Crippen LogP contribution in [0.3, 0.4) is 0 Å². The molecule has 0 saturated carbocycles. The highest BCUT2D eigenvalue weighted by atomic mass is 16.3. The Kier molecular flexibility index (Phi) is 6.51. The first kappa shape index (κ1) is 16.0. The fourth-order valence-corrected chi connectivity index (χ4v) is 2.08. The lowest BCUT2D eigenvalue weighted by atomic mass is 9.89. The first-order valence-corrected chi connectivity index (χ1v) is 7.10. The molecule has 1 N–H and O–H groups in total. The second kappa shape index (κ2) is 8.16. The number of hydrogen-bond acceptors (Lipinski definition) is 2. The maximum absolute atomic E-state index is 12.4. The van der Waals surface area contributed by atoms with Gasteiger partial charge in [-0.15, -0.1) is 0 Å². The number of ketones is 1. The molecule has 0 aliphatic carbocycles. The van der Waals surface area contributed by atoms with Gasteiger partial charge < -0.3 is 5.11 Å². The number of benzene rings is 2. The number of carbonyl (C=O) groups excluding carboxylic acids is 1. The number of rotatable bonds is 4. The number of phenols is 1. The van der Waals surface area contributed by atoms with Gasteiger partial charge in [-0.05, 0) is 36.2 Å². The monoisotopic (exact) mass is 270 g/mol. The minimum atomic E-state index is -0.115. The van der Waals surface area contributed by atoms with Crippen molar-refractivity contribution >= 4 is 5.78 Å². The Morgan fingerprint density at radius 3 is 2.05 bits per heavy atom. The van der Waals surface area contributed by atoms with Gasteiger partial charge in [-0.2, -0.15) is 0 Å². The van der Waals surface area contributed by atoms with Crippen LogP contribution in [0.1, 0.15) is 49.0 Å². The van der Waals surface area contributed by atoms with Crippen LogP contribution in [0.4, 0.5) is 0 Å². The molecule has 2 heteroatoms. The summed E-state index contributed by atoms with van der Waals surface area (Å²) in [4.78, 5) is 12.4. The molecule has 0 fully saturated rings. The predicted molar refractivity (Wildman–Crippen MR) is 83.3 cm³/mol. The Labute approximate surface area is 121 Å². The molecule has 20 heavy (non-hydrogen) atoms. The maximum atomic E-state index is 12.4. The number of hydrogen-bond donors (Lipinski definition) is 1. The van der Waals surface area contributed by atoms with Gasteiger partial charge in [0.1, 0.15) is 5.75 Å². The second-order valence-electron chi connectivity index (χ2n) is 4.28. The van der Waals surface area contributed by atoms with Crippen LogP contribution >= 0.6 is 0 Å². The van der Waals surface area contributed by atoms with Crippen molar-refractivity contribution in [1.82, 2.24) is 0 Å². The highest BCUT2D eigenvalue weighted by Gasteiger charge is 2.19. The molecule has 2 aromatic rings. The standard InChI is InChI=1S/C16H16O2.C2H6/c1-2-15(12-6-4-3-5-7-12)16(18)13-8-10-14(17)11-9-13;1-2/h3-11,15,17H,2H2,1H3;1-2H3. The van der Waals surface area contributed by atoms with Crippen LogP contribution in [0.2, 0.25) is 0 Å². The fraction of sp³-hybridized carbons (Fsp3) is 0.278. The van der Waals surface area contributed by atoms with Crippen molar-refractivity contribution in [3.05, 3.63) is 65.7 Å². The molecule has 1 atom stereocenters. The van der Waals surface area contributed by atoms with Gasteiger partial charge in [-0.3, -0.25) is 4.79 Å². The first-order chi connectivity index (χ1) is 9.72. The summed E-state index contributed by atoms with van der Waals surface area (Å²) in [6, 6.07) is 16.2. The van der Waals surface area contributed by atoms with Crippen LogP contribution in [-0.2, 0) is 0 Å². The van der Waals surface area contributed by atoms with Crippen molar-refractivity contribution in [3.8, 4) is 5.75 Å². The lowest BCUT2D eigenvalue weighted by Crippen LogP contribution is -2.12. The number of Topliss-reactive ketones (excluding diaryl/α,β-unsaturated/α-hetero) is 1. The zero-order chi connectivity index (χ0) is 15.0. The largest absolute Gasteiger partial charge is 0.508 e. The van der Waals surface area contributed by atoms with Crippen LogP contribution in [0, 0.1) is 0 Å². The summed E-state index contributed by atoms with van der Waals surface area (Å²) < 4.78 is 0. The van der Waals surface area contributed by atoms with Gasteiger partial charge in [0.25, 0.3) is 0 Å². The number of aromatic hydroxyl groups is 1. The van der Waals surface area contributed by atoms with Gasteiger partial charge in [0.2, 0.25) is 0 Å². The topological polar surface area (TPSA) is 37.3 Å². The quantitative estimate of drug-likeness (QED) is 0.811. The van der Waals surface area contributed by atoms with E-state index in [1.807, 2.05) is 51.1 Å².